The SMILES string of the molecule is CN=C(NCC1CC(=O)Nc2ccccc21)NC1CC1. The van der Waals surface area contributed by atoms with E-state index < -0.39 is 0 Å². The molecule has 0 saturated heterocycles. The Bertz CT molecular complexity index is 536. The van der Waals surface area contributed by atoms with Gasteiger partial charge in [0.15, 0.2) is 5.96 Å². The number of carbonyl (C=O) groups excluding carboxylic acids is 1. The van der Waals surface area contributed by atoms with Gasteiger partial charge in [-0.2, -0.15) is 0 Å². The minimum atomic E-state index is 0.0839. The molecule has 0 radical (unpaired) electrons. The minimum Gasteiger partial charge on any atom is -0.356 e. The molecule has 1 amide bonds. The summed E-state index contributed by atoms with van der Waals surface area (Å²) in [7, 11) is 1.78. The van der Waals surface area contributed by atoms with Gasteiger partial charge in [0.2, 0.25) is 5.91 Å². The Morgan fingerprint density at radius 1 is 1.40 bits per heavy atom. The number of amides is 1. The molecule has 1 fully saturated rings. The van der Waals surface area contributed by atoms with Gasteiger partial charge in [0.25, 0.3) is 0 Å². The second-order valence-corrected chi connectivity index (χ2v) is 5.41. The van der Waals surface area contributed by atoms with Crippen molar-refractivity contribution in [3.63, 3.8) is 0 Å². The zero-order chi connectivity index (χ0) is 13.9. The first-order valence-electron chi connectivity index (χ1n) is 7.12. The summed E-state index contributed by atoms with van der Waals surface area (Å²) >= 11 is 0. The maximum atomic E-state index is 11.8. The van der Waals surface area contributed by atoms with E-state index in [-0.39, 0.29) is 11.8 Å². The van der Waals surface area contributed by atoms with Gasteiger partial charge in [0.05, 0.1) is 0 Å². The van der Waals surface area contributed by atoms with Crippen molar-refractivity contribution in [3.8, 4) is 0 Å². The largest absolute Gasteiger partial charge is 0.356 e. The Morgan fingerprint density at radius 3 is 2.95 bits per heavy atom. The van der Waals surface area contributed by atoms with E-state index in [2.05, 4.69) is 27.0 Å². The van der Waals surface area contributed by atoms with Crippen LogP contribution in [0.2, 0.25) is 0 Å². The van der Waals surface area contributed by atoms with Crippen molar-refractivity contribution in [3.05, 3.63) is 29.8 Å². The highest BCUT2D eigenvalue weighted by molar-refractivity contribution is 5.94. The summed E-state index contributed by atoms with van der Waals surface area (Å²) < 4.78 is 0. The average Bonchev–Trinajstić information content (AvgIpc) is 3.26. The lowest BCUT2D eigenvalue weighted by Crippen LogP contribution is -2.41. The third-order valence-corrected chi connectivity index (χ3v) is 3.76. The molecule has 1 saturated carbocycles. The Balaban J connectivity index is 1.66. The maximum absolute atomic E-state index is 11.8. The lowest BCUT2D eigenvalue weighted by atomic mass is 9.90. The molecule has 0 bridgehead atoms. The van der Waals surface area contributed by atoms with Gasteiger partial charge in [-0.1, -0.05) is 18.2 Å². The van der Waals surface area contributed by atoms with Crippen LogP contribution in [0.4, 0.5) is 5.69 Å². The van der Waals surface area contributed by atoms with Crippen LogP contribution in [0, 0.1) is 0 Å². The number of rotatable bonds is 3. The Hall–Kier alpha value is -2.04. The van der Waals surface area contributed by atoms with Crippen LogP contribution in [-0.4, -0.2) is 31.5 Å². The third-order valence-electron chi connectivity index (χ3n) is 3.76. The molecule has 1 aliphatic heterocycles. The Morgan fingerprint density at radius 2 is 2.20 bits per heavy atom. The summed E-state index contributed by atoms with van der Waals surface area (Å²) in [4.78, 5) is 16.0. The van der Waals surface area contributed by atoms with E-state index in [0.717, 1.165) is 18.2 Å². The van der Waals surface area contributed by atoms with Gasteiger partial charge in [-0.05, 0) is 24.5 Å². The number of nitrogens with one attached hydrogen (secondary N) is 3. The van der Waals surface area contributed by atoms with Crippen LogP contribution < -0.4 is 16.0 Å². The van der Waals surface area contributed by atoms with Crippen LogP contribution in [-0.2, 0) is 4.79 Å². The number of nitrogens with zero attached hydrogens (tertiary/aromatic N) is 1. The first kappa shape index (κ1) is 13.0. The molecule has 0 aromatic heterocycles. The molecule has 2 aliphatic rings. The highest BCUT2D eigenvalue weighted by atomic mass is 16.1. The molecule has 1 atom stereocenters. The molecular formula is C15H20N4O. The van der Waals surface area contributed by atoms with E-state index in [0.29, 0.717) is 12.5 Å². The fourth-order valence-electron chi connectivity index (χ4n) is 2.52. The van der Waals surface area contributed by atoms with Crippen molar-refractivity contribution in [1.82, 2.24) is 10.6 Å². The van der Waals surface area contributed by atoms with E-state index in [9.17, 15) is 4.79 Å². The van der Waals surface area contributed by atoms with Crippen molar-refractivity contribution in [2.45, 2.75) is 31.2 Å². The van der Waals surface area contributed by atoms with E-state index in [1.54, 1.807) is 7.05 Å². The summed E-state index contributed by atoms with van der Waals surface area (Å²) in [5.74, 6) is 1.11. The van der Waals surface area contributed by atoms with Crippen molar-refractivity contribution >= 4 is 17.6 Å². The van der Waals surface area contributed by atoms with Crippen LogP contribution in [0.1, 0.15) is 30.7 Å². The van der Waals surface area contributed by atoms with Crippen molar-refractivity contribution in [2.75, 3.05) is 18.9 Å². The average molecular weight is 272 g/mol. The fraction of sp³-hybridized carbons (Fsp3) is 0.467. The van der Waals surface area contributed by atoms with Crippen LogP contribution in [0.25, 0.3) is 0 Å². The molecule has 0 spiro atoms. The van der Waals surface area contributed by atoms with Gasteiger partial charge in [-0.15, -0.1) is 0 Å². The predicted octanol–water partition coefficient (Wildman–Crippen LogP) is 1.44. The number of fused-ring (bicyclic) bond motifs is 1. The summed E-state index contributed by atoms with van der Waals surface area (Å²) in [6.45, 7) is 0.719. The first-order chi connectivity index (χ1) is 9.76. The molecule has 3 N–H and O–H groups in total. The number of anilines is 1. The summed E-state index contributed by atoms with van der Waals surface area (Å²) in [6, 6.07) is 8.57. The summed E-state index contributed by atoms with van der Waals surface area (Å²) in [6.07, 6.45) is 2.95. The maximum Gasteiger partial charge on any atom is 0.225 e. The van der Waals surface area contributed by atoms with E-state index in [4.69, 9.17) is 0 Å². The molecule has 5 heteroatoms. The zero-order valence-electron chi connectivity index (χ0n) is 11.6. The lowest BCUT2D eigenvalue weighted by molar-refractivity contribution is -0.116. The number of aliphatic imine (C=N–C) groups is 1. The van der Waals surface area contributed by atoms with E-state index >= 15 is 0 Å². The number of para-hydroxylation sites is 1. The van der Waals surface area contributed by atoms with Crippen molar-refractivity contribution in [2.24, 2.45) is 4.99 Å². The minimum absolute atomic E-state index is 0.0839. The molecule has 106 valence electrons. The molecule has 5 nitrogen and oxygen atoms in total. The quantitative estimate of drug-likeness (QED) is 0.576. The Kier molecular flexibility index (Phi) is 3.58. The highest BCUT2D eigenvalue weighted by Gasteiger charge is 2.26. The van der Waals surface area contributed by atoms with Gasteiger partial charge in [-0.25, -0.2) is 0 Å². The standard InChI is InChI=1S/C15H20N4O/c1-16-15(18-11-6-7-11)17-9-10-8-14(20)19-13-5-3-2-4-12(10)13/h2-5,10-11H,6-9H2,1H3,(H,19,20)(H2,16,17,18). The van der Waals surface area contributed by atoms with Crippen LogP contribution >= 0.6 is 0 Å². The molecule has 1 unspecified atom stereocenters. The summed E-state index contributed by atoms with van der Waals surface area (Å²) in [5, 5.41) is 9.61. The van der Waals surface area contributed by atoms with E-state index in [1.807, 2.05) is 18.2 Å². The topological polar surface area (TPSA) is 65.5 Å². The number of benzene rings is 1. The second-order valence-electron chi connectivity index (χ2n) is 5.41. The van der Waals surface area contributed by atoms with Crippen molar-refractivity contribution in [1.29, 1.82) is 0 Å². The number of carbonyl (C=O) groups is 1. The normalized spacial score (nSPS) is 21.9. The fourth-order valence-corrected chi connectivity index (χ4v) is 2.52. The number of hydrogen-bond acceptors (Lipinski definition) is 2. The Labute approximate surface area is 118 Å². The predicted molar refractivity (Wildman–Crippen MR) is 79.9 cm³/mol. The van der Waals surface area contributed by atoms with Crippen LogP contribution in [0.15, 0.2) is 29.3 Å². The van der Waals surface area contributed by atoms with Gasteiger partial charge in [0, 0.05) is 37.7 Å². The zero-order valence-corrected chi connectivity index (χ0v) is 11.6. The molecule has 1 aromatic rings. The monoisotopic (exact) mass is 272 g/mol. The lowest BCUT2D eigenvalue weighted by Gasteiger charge is -2.26. The van der Waals surface area contributed by atoms with Gasteiger partial charge >= 0.3 is 0 Å². The summed E-state index contributed by atoms with van der Waals surface area (Å²) in [5.41, 5.74) is 2.13. The smallest absolute Gasteiger partial charge is 0.225 e. The van der Waals surface area contributed by atoms with E-state index in [1.165, 1.54) is 18.4 Å². The number of hydrogen-bond donors (Lipinski definition) is 3. The van der Waals surface area contributed by atoms with Gasteiger partial charge < -0.3 is 16.0 Å². The molecule has 1 aromatic carbocycles. The molecular weight excluding hydrogens is 252 g/mol. The van der Waals surface area contributed by atoms with Crippen LogP contribution in [0.3, 0.4) is 0 Å². The molecule has 1 aliphatic carbocycles. The molecule has 20 heavy (non-hydrogen) atoms. The third kappa shape index (κ3) is 2.92. The first-order valence-corrected chi connectivity index (χ1v) is 7.12. The van der Waals surface area contributed by atoms with Crippen molar-refractivity contribution < 1.29 is 4.79 Å². The molecule has 3 rings (SSSR count). The molecule has 1 heterocycles. The highest BCUT2D eigenvalue weighted by Crippen LogP contribution is 2.31. The second kappa shape index (κ2) is 5.53. The number of guanidine groups is 1. The van der Waals surface area contributed by atoms with Gasteiger partial charge in [-0.3, -0.25) is 9.79 Å². The van der Waals surface area contributed by atoms with Crippen LogP contribution in [0.5, 0.6) is 0 Å². The van der Waals surface area contributed by atoms with Gasteiger partial charge in [0.1, 0.15) is 0 Å².